The number of nitrogens with zero attached hydrogens (tertiary/aromatic N) is 3. The average molecular weight is 275 g/mol. The number of rotatable bonds is 7. The number of benzene rings is 1. The smallest absolute Gasteiger partial charge is 0.251 e. The summed E-state index contributed by atoms with van der Waals surface area (Å²) in [6.07, 6.45) is 2.53. The van der Waals surface area contributed by atoms with E-state index in [0.717, 1.165) is 24.8 Å². The van der Waals surface area contributed by atoms with E-state index < -0.39 is 0 Å². The van der Waals surface area contributed by atoms with Crippen LogP contribution in [0.1, 0.15) is 29.6 Å². The van der Waals surface area contributed by atoms with Crippen molar-refractivity contribution in [1.82, 2.24) is 25.9 Å². The number of tetrazole rings is 1. The molecule has 106 valence electrons. The SMILES string of the molecule is O=C(NCCCCCO)c1cccc(-c2nn[nH]n2)c1. The van der Waals surface area contributed by atoms with Crippen molar-refractivity contribution in [2.45, 2.75) is 19.3 Å². The predicted octanol–water partition coefficient (Wildman–Crippen LogP) is 0.759. The highest BCUT2D eigenvalue weighted by Gasteiger charge is 2.08. The normalized spacial score (nSPS) is 10.4. The third kappa shape index (κ3) is 3.86. The van der Waals surface area contributed by atoms with Crippen LogP contribution in [0.4, 0.5) is 0 Å². The van der Waals surface area contributed by atoms with E-state index in [1.165, 1.54) is 0 Å². The molecule has 0 aliphatic rings. The summed E-state index contributed by atoms with van der Waals surface area (Å²) < 4.78 is 0. The second-order valence-corrected chi connectivity index (χ2v) is 4.36. The van der Waals surface area contributed by atoms with Gasteiger partial charge in [0.15, 0.2) is 0 Å². The summed E-state index contributed by atoms with van der Waals surface area (Å²) in [7, 11) is 0. The molecule has 2 aromatic rings. The first-order valence-corrected chi connectivity index (χ1v) is 6.54. The molecular formula is C13H17N5O2. The maximum Gasteiger partial charge on any atom is 0.251 e. The molecule has 2 rings (SSSR count). The highest BCUT2D eigenvalue weighted by Crippen LogP contribution is 2.14. The van der Waals surface area contributed by atoms with Crippen molar-refractivity contribution in [2.75, 3.05) is 13.2 Å². The highest BCUT2D eigenvalue weighted by molar-refractivity contribution is 5.95. The van der Waals surface area contributed by atoms with E-state index in [2.05, 4.69) is 25.9 Å². The first-order valence-electron chi connectivity index (χ1n) is 6.54. The minimum atomic E-state index is -0.126. The van der Waals surface area contributed by atoms with Gasteiger partial charge in [-0.2, -0.15) is 5.21 Å². The molecular weight excluding hydrogens is 258 g/mol. The van der Waals surface area contributed by atoms with Gasteiger partial charge in [0, 0.05) is 24.3 Å². The van der Waals surface area contributed by atoms with Gasteiger partial charge in [-0.05, 0) is 36.6 Å². The fourth-order valence-electron chi connectivity index (χ4n) is 1.80. The molecule has 0 radical (unpaired) electrons. The third-order valence-corrected chi connectivity index (χ3v) is 2.85. The van der Waals surface area contributed by atoms with Crippen molar-refractivity contribution < 1.29 is 9.90 Å². The van der Waals surface area contributed by atoms with Crippen molar-refractivity contribution in [1.29, 1.82) is 0 Å². The lowest BCUT2D eigenvalue weighted by Crippen LogP contribution is -2.24. The molecule has 0 unspecified atom stereocenters. The second-order valence-electron chi connectivity index (χ2n) is 4.36. The molecule has 1 aromatic heterocycles. The van der Waals surface area contributed by atoms with Gasteiger partial charge in [0.2, 0.25) is 5.82 Å². The zero-order chi connectivity index (χ0) is 14.2. The number of hydrogen-bond acceptors (Lipinski definition) is 5. The molecule has 3 N–H and O–H groups in total. The van der Waals surface area contributed by atoms with Crippen molar-refractivity contribution >= 4 is 5.91 Å². The van der Waals surface area contributed by atoms with Crippen LogP contribution in [0.2, 0.25) is 0 Å². The number of H-pyrrole nitrogens is 1. The van der Waals surface area contributed by atoms with Gasteiger partial charge in [0.25, 0.3) is 5.91 Å². The fraction of sp³-hybridized carbons (Fsp3) is 0.385. The molecule has 1 aromatic carbocycles. The van der Waals surface area contributed by atoms with Crippen LogP contribution in [0.5, 0.6) is 0 Å². The van der Waals surface area contributed by atoms with Crippen LogP contribution in [0.25, 0.3) is 11.4 Å². The second kappa shape index (κ2) is 7.34. The first-order chi connectivity index (χ1) is 9.81. The number of hydrogen-bond donors (Lipinski definition) is 3. The zero-order valence-corrected chi connectivity index (χ0v) is 11.0. The van der Waals surface area contributed by atoms with Crippen LogP contribution in [-0.2, 0) is 0 Å². The monoisotopic (exact) mass is 275 g/mol. The molecule has 0 spiro atoms. The van der Waals surface area contributed by atoms with E-state index >= 15 is 0 Å². The Morgan fingerprint density at radius 2 is 2.20 bits per heavy atom. The number of aliphatic hydroxyl groups is 1. The van der Waals surface area contributed by atoms with Crippen LogP contribution in [0.15, 0.2) is 24.3 Å². The topological polar surface area (TPSA) is 104 Å². The van der Waals surface area contributed by atoms with Gasteiger partial charge in [-0.15, -0.1) is 10.2 Å². The Hall–Kier alpha value is -2.28. The van der Waals surface area contributed by atoms with Gasteiger partial charge in [-0.25, -0.2) is 0 Å². The van der Waals surface area contributed by atoms with Gasteiger partial charge in [0.1, 0.15) is 0 Å². The Kier molecular flexibility index (Phi) is 5.19. The standard InChI is InChI=1S/C13H17N5O2/c19-8-3-1-2-7-14-13(20)11-6-4-5-10(9-11)12-15-17-18-16-12/h4-6,9,19H,1-3,7-8H2,(H,14,20)(H,15,16,17,18). The van der Waals surface area contributed by atoms with Crippen LogP contribution < -0.4 is 5.32 Å². The van der Waals surface area contributed by atoms with Gasteiger partial charge in [0.05, 0.1) is 0 Å². The summed E-state index contributed by atoms with van der Waals surface area (Å²) in [5, 5.41) is 25.1. The maximum atomic E-state index is 12.0. The largest absolute Gasteiger partial charge is 0.396 e. The Bertz CT molecular complexity index is 541. The zero-order valence-electron chi connectivity index (χ0n) is 11.0. The third-order valence-electron chi connectivity index (χ3n) is 2.85. The number of carbonyl (C=O) groups excluding carboxylic acids is 1. The quantitative estimate of drug-likeness (QED) is 0.647. The minimum absolute atomic E-state index is 0.126. The van der Waals surface area contributed by atoms with E-state index in [9.17, 15) is 4.79 Å². The molecule has 0 fully saturated rings. The van der Waals surface area contributed by atoms with Crippen molar-refractivity contribution in [3.8, 4) is 11.4 Å². The summed E-state index contributed by atoms with van der Waals surface area (Å²) in [6, 6.07) is 7.08. The summed E-state index contributed by atoms with van der Waals surface area (Å²) >= 11 is 0. The van der Waals surface area contributed by atoms with E-state index in [0.29, 0.717) is 17.9 Å². The van der Waals surface area contributed by atoms with Gasteiger partial charge < -0.3 is 10.4 Å². The first kappa shape index (κ1) is 14.1. The van der Waals surface area contributed by atoms with E-state index in [1.807, 2.05) is 6.07 Å². The average Bonchev–Trinajstić information content (AvgIpc) is 3.01. The van der Waals surface area contributed by atoms with Crippen LogP contribution in [0.3, 0.4) is 0 Å². The van der Waals surface area contributed by atoms with Crippen molar-refractivity contribution in [3.05, 3.63) is 29.8 Å². The number of aliphatic hydroxyl groups excluding tert-OH is 1. The molecule has 0 bridgehead atoms. The lowest BCUT2D eigenvalue weighted by atomic mass is 10.1. The van der Waals surface area contributed by atoms with Crippen LogP contribution >= 0.6 is 0 Å². The Balaban J connectivity index is 1.92. The number of aromatic amines is 1. The number of carbonyl (C=O) groups is 1. The Morgan fingerprint density at radius 1 is 1.30 bits per heavy atom. The number of unbranched alkanes of at least 4 members (excludes halogenated alkanes) is 2. The van der Waals surface area contributed by atoms with Crippen LogP contribution in [-0.4, -0.2) is 44.8 Å². The predicted molar refractivity (Wildman–Crippen MR) is 72.9 cm³/mol. The molecule has 0 saturated carbocycles. The van der Waals surface area contributed by atoms with Crippen molar-refractivity contribution in [3.63, 3.8) is 0 Å². The van der Waals surface area contributed by atoms with E-state index in [-0.39, 0.29) is 12.5 Å². The van der Waals surface area contributed by atoms with E-state index in [1.54, 1.807) is 18.2 Å². The van der Waals surface area contributed by atoms with E-state index in [4.69, 9.17) is 5.11 Å². The highest BCUT2D eigenvalue weighted by atomic mass is 16.2. The minimum Gasteiger partial charge on any atom is -0.396 e. The van der Waals surface area contributed by atoms with Crippen molar-refractivity contribution in [2.24, 2.45) is 0 Å². The number of amides is 1. The molecule has 1 amide bonds. The molecule has 0 atom stereocenters. The summed E-state index contributed by atoms with van der Waals surface area (Å²) in [5.74, 6) is 0.335. The lowest BCUT2D eigenvalue weighted by Gasteiger charge is -2.05. The summed E-state index contributed by atoms with van der Waals surface area (Å²) in [6.45, 7) is 0.798. The number of nitrogens with one attached hydrogen (secondary N) is 2. The molecule has 0 saturated heterocycles. The molecule has 7 nitrogen and oxygen atoms in total. The maximum absolute atomic E-state index is 12.0. The van der Waals surface area contributed by atoms with Gasteiger partial charge in [-0.3, -0.25) is 4.79 Å². The lowest BCUT2D eigenvalue weighted by molar-refractivity contribution is 0.0953. The molecule has 0 aliphatic carbocycles. The van der Waals surface area contributed by atoms with Gasteiger partial charge >= 0.3 is 0 Å². The molecule has 20 heavy (non-hydrogen) atoms. The fourth-order valence-corrected chi connectivity index (χ4v) is 1.80. The number of aromatic nitrogens is 4. The van der Waals surface area contributed by atoms with Crippen LogP contribution in [0, 0.1) is 0 Å². The Morgan fingerprint density at radius 3 is 2.95 bits per heavy atom. The molecule has 7 heteroatoms. The molecule has 0 aliphatic heterocycles. The Labute approximate surface area is 116 Å². The summed E-state index contributed by atoms with van der Waals surface area (Å²) in [4.78, 5) is 12.0. The summed E-state index contributed by atoms with van der Waals surface area (Å²) in [5.41, 5.74) is 1.31. The molecule has 1 heterocycles. The van der Waals surface area contributed by atoms with Gasteiger partial charge in [-0.1, -0.05) is 12.1 Å².